The number of halogens is 1. The van der Waals surface area contributed by atoms with Gasteiger partial charge in [-0.1, -0.05) is 50.9 Å². The van der Waals surface area contributed by atoms with Crippen molar-refractivity contribution in [2.45, 2.75) is 33.4 Å². The molecule has 0 aliphatic heterocycles. The van der Waals surface area contributed by atoms with Gasteiger partial charge in [0.2, 0.25) is 11.7 Å². The second-order valence-electron chi connectivity index (χ2n) is 6.75. The van der Waals surface area contributed by atoms with Crippen LogP contribution in [0.4, 0.5) is 0 Å². The molecule has 0 saturated heterocycles. The molecule has 7 heteroatoms. The van der Waals surface area contributed by atoms with Gasteiger partial charge in [-0.2, -0.15) is 4.98 Å². The molecule has 0 aliphatic carbocycles. The van der Waals surface area contributed by atoms with Crippen LogP contribution in [-0.4, -0.2) is 34.1 Å². The van der Waals surface area contributed by atoms with Crippen molar-refractivity contribution in [2.24, 2.45) is 0 Å². The van der Waals surface area contributed by atoms with Gasteiger partial charge in [0.15, 0.2) is 6.10 Å². The molecule has 3 rings (SSSR count). The van der Waals surface area contributed by atoms with Crippen LogP contribution in [-0.2, 0) is 11.3 Å². The maximum absolute atomic E-state index is 12.7. The molecule has 1 unspecified atom stereocenters. The normalized spacial score (nSPS) is 11.9. The molecule has 0 saturated carbocycles. The van der Waals surface area contributed by atoms with Crippen LogP contribution in [0.15, 0.2) is 51.5 Å². The largest absolute Gasteiger partial charge is 0.481 e. The lowest BCUT2D eigenvalue weighted by Crippen LogP contribution is -2.37. The lowest BCUT2D eigenvalue weighted by Gasteiger charge is -2.21. The quantitative estimate of drug-likeness (QED) is 0.559. The van der Waals surface area contributed by atoms with Crippen LogP contribution >= 0.6 is 15.9 Å². The summed E-state index contributed by atoms with van der Waals surface area (Å²) in [7, 11) is 1.69. The Morgan fingerprint density at radius 2 is 2.04 bits per heavy atom. The predicted molar refractivity (Wildman–Crippen MR) is 110 cm³/mol. The number of ether oxygens (including phenoxy) is 1. The van der Waals surface area contributed by atoms with Crippen molar-refractivity contribution >= 4 is 21.8 Å². The molecule has 0 fully saturated rings. The summed E-state index contributed by atoms with van der Waals surface area (Å²) in [4.78, 5) is 18.6. The van der Waals surface area contributed by atoms with E-state index < -0.39 is 6.10 Å². The van der Waals surface area contributed by atoms with Crippen molar-refractivity contribution in [2.75, 3.05) is 7.05 Å². The highest BCUT2D eigenvalue weighted by atomic mass is 79.9. The average Bonchev–Trinajstić information content (AvgIpc) is 3.11. The molecule has 2 aromatic carbocycles. The summed E-state index contributed by atoms with van der Waals surface area (Å²) >= 11 is 3.42. The third-order valence-electron chi connectivity index (χ3n) is 4.28. The molecule has 1 atom stereocenters. The molecule has 0 spiro atoms. The summed E-state index contributed by atoms with van der Waals surface area (Å²) in [6.07, 6.45) is -0.626. The Hall–Kier alpha value is -2.67. The van der Waals surface area contributed by atoms with E-state index in [0.717, 1.165) is 21.2 Å². The van der Waals surface area contributed by atoms with Crippen LogP contribution in [0, 0.1) is 13.8 Å². The molecular formula is C21H22BrN3O3. The highest BCUT2D eigenvalue weighted by Gasteiger charge is 2.22. The fourth-order valence-corrected chi connectivity index (χ4v) is 3.23. The van der Waals surface area contributed by atoms with Crippen molar-refractivity contribution in [3.05, 3.63) is 64.0 Å². The van der Waals surface area contributed by atoms with Crippen LogP contribution < -0.4 is 4.74 Å². The Labute approximate surface area is 172 Å². The minimum Gasteiger partial charge on any atom is -0.481 e. The van der Waals surface area contributed by atoms with E-state index in [2.05, 4.69) is 26.1 Å². The molecule has 0 radical (unpaired) electrons. The minimum atomic E-state index is -0.626. The molecule has 28 heavy (non-hydrogen) atoms. The minimum absolute atomic E-state index is 0.165. The predicted octanol–water partition coefficient (Wildman–Crippen LogP) is 4.54. The number of carbonyl (C=O) groups is 1. The summed E-state index contributed by atoms with van der Waals surface area (Å²) in [5.74, 6) is 1.39. The second kappa shape index (κ2) is 8.56. The number of carbonyl (C=O) groups excluding carboxylic acids is 1. The molecule has 6 nitrogen and oxygen atoms in total. The molecular weight excluding hydrogens is 422 g/mol. The maximum Gasteiger partial charge on any atom is 0.263 e. The van der Waals surface area contributed by atoms with Crippen LogP contribution in [0.25, 0.3) is 11.4 Å². The molecule has 1 amide bonds. The first-order valence-corrected chi connectivity index (χ1v) is 9.70. The number of hydrogen-bond donors (Lipinski definition) is 0. The van der Waals surface area contributed by atoms with E-state index in [1.165, 1.54) is 4.90 Å². The van der Waals surface area contributed by atoms with Crippen LogP contribution in [0.5, 0.6) is 5.75 Å². The number of rotatable bonds is 6. The van der Waals surface area contributed by atoms with E-state index in [4.69, 9.17) is 9.26 Å². The van der Waals surface area contributed by atoms with Gasteiger partial charge in [0.25, 0.3) is 5.91 Å². The zero-order valence-corrected chi connectivity index (χ0v) is 17.9. The van der Waals surface area contributed by atoms with E-state index in [-0.39, 0.29) is 12.5 Å². The van der Waals surface area contributed by atoms with Crippen molar-refractivity contribution in [3.63, 3.8) is 0 Å². The molecule has 0 aliphatic rings. The lowest BCUT2D eigenvalue weighted by atomic mass is 10.1. The van der Waals surface area contributed by atoms with E-state index in [9.17, 15) is 4.79 Å². The van der Waals surface area contributed by atoms with E-state index in [1.54, 1.807) is 14.0 Å². The van der Waals surface area contributed by atoms with Gasteiger partial charge < -0.3 is 14.2 Å². The van der Waals surface area contributed by atoms with Crippen molar-refractivity contribution < 1.29 is 14.1 Å². The van der Waals surface area contributed by atoms with Crippen LogP contribution in [0.3, 0.4) is 0 Å². The highest BCUT2D eigenvalue weighted by Crippen LogP contribution is 2.22. The van der Waals surface area contributed by atoms with Gasteiger partial charge in [-0.15, -0.1) is 0 Å². The topological polar surface area (TPSA) is 68.5 Å². The van der Waals surface area contributed by atoms with Crippen LogP contribution in [0.1, 0.15) is 23.9 Å². The standard InChI is InChI=1S/C21H22BrN3O3/c1-13-8-9-18(14(2)10-13)27-15(3)21(26)25(4)12-19-23-20(24-28-19)16-6-5-7-17(22)11-16/h5-11,15H,12H2,1-4H3. The average molecular weight is 444 g/mol. The monoisotopic (exact) mass is 443 g/mol. The number of aryl methyl sites for hydroxylation is 2. The van der Waals surface area contributed by atoms with Gasteiger partial charge in [-0.05, 0) is 44.5 Å². The third kappa shape index (κ3) is 4.78. The fourth-order valence-electron chi connectivity index (χ4n) is 2.83. The van der Waals surface area contributed by atoms with Gasteiger partial charge in [0, 0.05) is 17.1 Å². The number of amides is 1. The molecule has 1 aromatic heterocycles. The Bertz CT molecular complexity index is 987. The van der Waals surface area contributed by atoms with Gasteiger partial charge >= 0.3 is 0 Å². The van der Waals surface area contributed by atoms with Crippen molar-refractivity contribution in [1.29, 1.82) is 0 Å². The summed E-state index contributed by atoms with van der Waals surface area (Å²) in [5, 5.41) is 4.00. The van der Waals surface area contributed by atoms with Crippen molar-refractivity contribution in [3.8, 4) is 17.1 Å². The van der Waals surface area contributed by atoms with Gasteiger partial charge in [-0.3, -0.25) is 4.79 Å². The second-order valence-corrected chi connectivity index (χ2v) is 7.66. The number of aromatic nitrogens is 2. The van der Waals surface area contributed by atoms with Gasteiger partial charge in [0.05, 0.1) is 6.54 Å². The molecule has 146 valence electrons. The number of likely N-dealkylation sites (N-methyl/N-ethyl adjacent to an activating group) is 1. The van der Waals surface area contributed by atoms with Gasteiger partial charge in [-0.25, -0.2) is 0 Å². The first kappa shape index (κ1) is 20.1. The fraction of sp³-hybridized carbons (Fsp3) is 0.286. The Kier molecular flexibility index (Phi) is 6.14. The van der Waals surface area contributed by atoms with Gasteiger partial charge in [0.1, 0.15) is 5.75 Å². The zero-order chi connectivity index (χ0) is 20.3. The molecule has 3 aromatic rings. The number of benzene rings is 2. The Morgan fingerprint density at radius 1 is 1.25 bits per heavy atom. The van der Waals surface area contributed by atoms with Crippen molar-refractivity contribution in [1.82, 2.24) is 15.0 Å². The summed E-state index contributed by atoms with van der Waals surface area (Å²) < 4.78 is 12.1. The Balaban J connectivity index is 1.64. The number of hydrogen-bond acceptors (Lipinski definition) is 5. The molecule has 1 heterocycles. The zero-order valence-electron chi connectivity index (χ0n) is 16.3. The van der Waals surface area contributed by atoms with E-state index in [1.807, 2.05) is 56.3 Å². The summed E-state index contributed by atoms with van der Waals surface area (Å²) in [6.45, 7) is 5.93. The highest BCUT2D eigenvalue weighted by molar-refractivity contribution is 9.10. The number of nitrogens with zero attached hydrogens (tertiary/aromatic N) is 3. The first-order valence-electron chi connectivity index (χ1n) is 8.91. The smallest absolute Gasteiger partial charge is 0.263 e. The lowest BCUT2D eigenvalue weighted by molar-refractivity contribution is -0.137. The summed E-state index contributed by atoms with van der Waals surface area (Å²) in [6, 6.07) is 13.5. The maximum atomic E-state index is 12.7. The third-order valence-corrected chi connectivity index (χ3v) is 4.77. The SMILES string of the molecule is Cc1ccc(OC(C)C(=O)N(C)Cc2nc(-c3cccc(Br)c3)no2)c(C)c1. The van der Waals surface area contributed by atoms with Crippen LogP contribution in [0.2, 0.25) is 0 Å². The summed E-state index contributed by atoms with van der Waals surface area (Å²) in [5.41, 5.74) is 2.99. The first-order chi connectivity index (χ1) is 13.3. The Morgan fingerprint density at radius 3 is 2.75 bits per heavy atom. The van der Waals surface area contributed by atoms with E-state index >= 15 is 0 Å². The molecule has 0 bridgehead atoms. The molecule has 0 N–H and O–H groups in total. The van der Waals surface area contributed by atoms with E-state index in [0.29, 0.717) is 17.5 Å².